The highest BCUT2D eigenvalue weighted by Crippen LogP contribution is 2.41. The van der Waals surface area contributed by atoms with E-state index in [2.05, 4.69) is 10.2 Å². The van der Waals surface area contributed by atoms with Gasteiger partial charge in [-0.1, -0.05) is 19.3 Å². The summed E-state index contributed by atoms with van der Waals surface area (Å²) >= 11 is 0. The zero-order valence-electron chi connectivity index (χ0n) is 15.2. The number of hydrogen-bond acceptors (Lipinski definition) is 3. The zero-order valence-corrected chi connectivity index (χ0v) is 15.2. The molecule has 1 heterocycles. The number of ether oxygens (including phenoxy) is 1. The van der Waals surface area contributed by atoms with E-state index in [1.165, 1.54) is 38.6 Å². The van der Waals surface area contributed by atoms with Gasteiger partial charge in [-0.05, 0) is 71.8 Å². The summed E-state index contributed by atoms with van der Waals surface area (Å²) in [6.07, 6.45) is 11.0. The number of rotatable bonds is 3. The van der Waals surface area contributed by atoms with Crippen molar-refractivity contribution in [3.8, 4) is 0 Å². The number of nitrogens with zero attached hydrogens (tertiary/aromatic N) is 1. The van der Waals surface area contributed by atoms with Gasteiger partial charge in [-0.25, -0.2) is 4.79 Å². The van der Waals surface area contributed by atoms with Gasteiger partial charge in [0.15, 0.2) is 0 Å². The Morgan fingerprint density at radius 2 is 1.87 bits per heavy atom. The van der Waals surface area contributed by atoms with Crippen molar-refractivity contribution < 1.29 is 9.53 Å². The molecule has 1 amide bonds. The second-order valence-corrected chi connectivity index (χ2v) is 8.96. The predicted molar refractivity (Wildman–Crippen MR) is 92.5 cm³/mol. The molecule has 2 saturated carbocycles. The van der Waals surface area contributed by atoms with Crippen LogP contribution in [0, 0.1) is 5.92 Å². The van der Waals surface area contributed by atoms with E-state index in [4.69, 9.17) is 4.74 Å². The van der Waals surface area contributed by atoms with Gasteiger partial charge in [-0.3, -0.25) is 0 Å². The molecule has 0 radical (unpaired) electrons. The van der Waals surface area contributed by atoms with Gasteiger partial charge in [0.1, 0.15) is 5.60 Å². The van der Waals surface area contributed by atoms with E-state index in [1.807, 2.05) is 20.8 Å². The largest absolute Gasteiger partial charge is 0.444 e. The third kappa shape index (κ3) is 4.40. The first-order valence-corrected chi connectivity index (χ1v) is 9.62. The van der Waals surface area contributed by atoms with E-state index < -0.39 is 5.60 Å². The Hall–Kier alpha value is -0.770. The second-order valence-electron chi connectivity index (χ2n) is 8.96. The van der Waals surface area contributed by atoms with Gasteiger partial charge in [0.05, 0.1) is 0 Å². The summed E-state index contributed by atoms with van der Waals surface area (Å²) in [5.41, 5.74) is -0.367. The Kier molecular flexibility index (Phi) is 4.91. The van der Waals surface area contributed by atoms with Crippen LogP contribution in [0.2, 0.25) is 0 Å². The van der Waals surface area contributed by atoms with Gasteiger partial charge >= 0.3 is 6.09 Å². The maximum absolute atomic E-state index is 12.8. The van der Waals surface area contributed by atoms with Crippen LogP contribution in [0.4, 0.5) is 4.79 Å². The van der Waals surface area contributed by atoms with Crippen molar-refractivity contribution >= 4 is 6.09 Å². The minimum Gasteiger partial charge on any atom is -0.444 e. The lowest BCUT2D eigenvalue weighted by molar-refractivity contribution is -0.0330. The van der Waals surface area contributed by atoms with E-state index in [1.54, 1.807) is 0 Å². The van der Waals surface area contributed by atoms with Crippen LogP contribution in [0.1, 0.15) is 78.6 Å². The van der Waals surface area contributed by atoms with Gasteiger partial charge in [0.25, 0.3) is 0 Å². The monoisotopic (exact) mass is 322 g/mol. The van der Waals surface area contributed by atoms with Gasteiger partial charge in [0.2, 0.25) is 0 Å². The molecule has 0 bridgehead atoms. The molecule has 1 saturated heterocycles. The molecular formula is C19H34N2O2. The minimum atomic E-state index is -0.409. The average molecular weight is 322 g/mol. The Bertz CT molecular complexity index is 420. The minimum absolute atomic E-state index is 0.0417. The molecule has 0 aromatic rings. The van der Waals surface area contributed by atoms with Crippen molar-refractivity contribution in [2.24, 2.45) is 5.92 Å². The van der Waals surface area contributed by atoms with Gasteiger partial charge < -0.3 is 15.0 Å². The van der Waals surface area contributed by atoms with E-state index in [0.717, 1.165) is 38.1 Å². The SMILES string of the molecule is CC(C)(C)OC(=O)N1CCC(NCC2CC2)CC12CCCCC2. The summed E-state index contributed by atoms with van der Waals surface area (Å²) in [7, 11) is 0. The van der Waals surface area contributed by atoms with E-state index in [-0.39, 0.29) is 11.6 Å². The summed E-state index contributed by atoms with van der Waals surface area (Å²) in [6, 6.07) is 0.576. The second kappa shape index (κ2) is 6.62. The molecule has 0 aromatic heterocycles. The van der Waals surface area contributed by atoms with Crippen LogP contribution in [0.5, 0.6) is 0 Å². The normalized spacial score (nSPS) is 28.0. The maximum atomic E-state index is 12.8. The molecule has 4 nitrogen and oxygen atoms in total. The summed E-state index contributed by atoms with van der Waals surface area (Å²) in [5.74, 6) is 0.918. The Balaban J connectivity index is 1.66. The summed E-state index contributed by atoms with van der Waals surface area (Å²) in [4.78, 5) is 14.8. The molecule has 1 spiro atoms. The molecule has 1 N–H and O–H groups in total. The van der Waals surface area contributed by atoms with Crippen molar-refractivity contribution in [3.63, 3.8) is 0 Å². The lowest BCUT2D eigenvalue weighted by Crippen LogP contribution is -2.61. The Morgan fingerprint density at radius 3 is 2.48 bits per heavy atom. The fraction of sp³-hybridized carbons (Fsp3) is 0.947. The standard InChI is InChI=1S/C19H34N2O2/c1-18(2,3)23-17(22)21-12-9-16(20-14-15-7-8-15)13-19(21)10-5-4-6-11-19/h15-16,20H,4-14H2,1-3H3. The van der Waals surface area contributed by atoms with Crippen LogP contribution in [0.25, 0.3) is 0 Å². The molecule has 3 rings (SSSR count). The lowest BCUT2D eigenvalue weighted by Gasteiger charge is -2.51. The van der Waals surface area contributed by atoms with Crippen LogP contribution >= 0.6 is 0 Å². The van der Waals surface area contributed by atoms with Gasteiger partial charge in [-0.15, -0.1) is 0 Å². The van der Waals surface area contributed by atoms with Gasteiger partial charge in [-0.2, -0.15) is 0 Å². The fourth-order valence-corrected chi connectivity index (χ4v) is 4.31. The topological polar surface area (TPSA) is 41.6 Å². The Morgan fingerprint density at radius 1 is 1.17 bits per heavy atom. The third-order valence-electron chi connectivity index (χ3n) is 5.69. The first-order valence-electron chi connectivity index (χ1n) is 9.62. The van der Waals surface area contributed by atoms with E-state index in [0.29, 0.717) is 6.04 Å². The zero-order chi connectivity index (χ0) is 16.5. The summed E-state index contributed by atoms with van der Waals surface area (Å²) in [5, 5.41) is 3.78. The van der Waals surface area contributed by atoms with Crippen LogP contribution in [0.15, 0.2) is 0 Å². The smallest absolute Gasteiger partial charge is 0.410 e. The lowest BCUT2D eigenvalue weighted by atomic mass is 9.73. The van der Waals surface area contributed by atoms with Crippen molar-refractivity contribution in [2.45, 2.75) is 95.7 Å². The third-order valence-corrected chi connectivity index (χ3v) is 5.69. The molecular weight excluding hydrogens is 288 g/mol. The molecule has 3 fully saturated rings. The number of likely N-dealkylation sites (tertiary alicyclic amines) is 1. The highest BCUT2D eigenvalue weighted by Gasteiger charge is 2.46. The van der Waals surface area contributed by atoms with E-state index >= 15 is 0 Å². The summed E-state index contributed by atoms with van der Waals surface area (Å²) < 4.78 is 5.71. The fourth-order valence-electron chi connectivity index (χ4n) is 4.31. The van der Waals surface area contributed by atoms with Crippen LogP contribution in [-0.2, 0) is 4.74 Å². The first-order chi connectivity index (χ1) is 10.9. The number of piperidine rings is 1. The number of nitrogens with one attached hydrogen (secondary N) is 1. The molecule has 2 aliphatic carbocycles. The highest BCUT2D eigenvalue weighted by molar-refractivity contribution is 5.69. The number of amides is 1. The predicted octanol–water partition coefficient (Wildman–Crippen LogP) is 4.09. The van der Waals surface area contributed by atoms with Crippen molar-refractivity contribution in [3.05, 3.63) is 0 Å². The van der Waals surface area contributed by atoms with Crippen molar-refractivity contribution in [2.75, 3.05) is 13.1 Å². The van der Waals surface area contributed by atoms with E-state index in [9.17, 15) is 4.79 Å². The molecule has 1 atom stereocenters. The molecule has 4 heteroatoms. The maximum Gasteiger partial charge on any atom is 0.410 e. The van der Waals surface area contributed by atoms with Crippen molar-refractivity contribution in [1.82, 2.24) is 10.2 Å². The van der Waals surface area contributed by atoms with Crippen molar-refractivity contribution in [1.29, 1.82) is 0 Å². The highest BCUT2D eigenvalue weighted by atomic mass is 16.6. The Labute approximate surface area is 141 Å². The first kappa shape index (κ1) is 17.1. The average Bonchev–Trinajstić information content (AvgIpc) is 3.28. The number of hydrogen-bond donors (Lipinski definition) is 1. The summed E-state index contributed by atoms with van der Waals surface area (Å²) in [6.45, 7) is 7.90. The molecule has 1 aliphatic heterocycles. The molecule has 3 aliphatic rings. The molecule has 0 aromatic carbocycles. The quantitative estimate of drug-likeness (QED) is 0.851. The number of carbonyl (C=O) groups is 1. The van der Waals surface area contributed by atoms with Crippen LogP contribution in [-0.4, -0.2) is 41.3 Å². The molecule has 132 valence electrons. The van der Waals surface area contributed by atoms with Crippen LogP contribution < -0.4 is 5.32 Å². The molecule has 1 unspecified atom stereocenters. The van der Waals surface area contributed by atoms with Crippen LogP contribution in [0.3, 0.4) is 0 Å². The number of carbonyl (C=O) groups excluding carboxylic acids is 1. The molecule has 23 heavy (non-hydrogen) atoms. The van der Waals surface area contributed by atoms with Gasteiger partial charge in [0, 0.05) is 18.1 Å².